The number of likely N-dealkylation sites (tertiary alicyclic amines) is 2. The number of fused-ring (bicyclic) bond motifs is 1. The first-order valence-electron chi connectivity index (χ1n) is 13.8. The van der Waals surface area contributed by atoms with Gasteiger partial charge in [-0.15, -0.1) is 0 Å². The summed E-state index contributed by atoms with van der Waals surface area (Å²) in [6.45, 7) is 4.28. The Morgan fingerprint density at radius 1 is 1.02 bits per heavy atom. The number of alkyl halides is 6. The average molecular weight is 614 g/mol. The fourth-order valence-electron chi connectivity index (χ4n) is 6.36. The summed E-state index contributed by atoms with van der Waals surface area (Å²) in [5, 5.41) is 0. The average Bonchev–Trinajstić information content (AvgIpc) is 3.56. The van der Waals surface area contributed by atoms with Gasteiger partial charge in [0.2, 0.25) is 0 Å². The predicted octanol–water partition coefficient (Wildman–Crippen LogP) is 6.72. The van der Waals surface area contributed by atoms with Crippen LogP contribution in [0.15, 0.2) is 48.4 Å². The van der Waals surface area contributed by atoms with Gasteiger partial charge in [-0.1, -0.05) is 6.07 Å². The highest BCUT2D eigenvalue weighted by Gasteiger charge is 2.48. The van der Waals surface area contributed by atoms with Gasteiger partial charge in [-0.2, -0.15) is 26.3 Å². The molecule has 4 atom stereocenters. The highest BCUT2D eigenvalue weighted by molar-refractivity contribution is 5.92. The molecule has 232 valence electrons. The highest BCUT2D eigenvalue weighted by Crippen LogP contribution is 2.47. The van der Waals surface area contributed by atoms with Gasteiger partial charge < -0.3 is 19.4 Å². The number of benzene rings is 2. The summed E-state index contributed by atoms with van der Waals surface area (Å²) in [5.74, 6) is -0.261. The van der Waals surface area contributed by atoms with Gasteiger partial charge in [0, 0.05) is 38.7 Å². The molecule has 0 aromatic heterocycles. The molecule has 3 heterocycles. The molecule has 2 aromatic carbocycles. The number of urea groups is 1. The largest absolute Gasteiger partial charge is 0.471 e. The smallest absolute Gasteiger partial charge is 0.416 e. The third-order valence-electron chi connectivity index (χ3n) is 8.70. The summed E-state index contributed by atoms with van der Waals surface area (Å²) in [6.07, 6.45) is -8.06. The van der Waals surface area contributed by atoms with Crippen molar-refractivity contribution >= 4 is 11.8 Å². The Kier molecular flexibility index (Phi) is 7.89. The Morgan fingerprint density at radius 3 is 2.23 bits per heavy atom. The molecule has 5 rings (SSSR count). The van der Waals surface area contributed by atoms with E-state index in [1.54, 1.807) is 17.9 Å². The number of amides is 2. The lowest BCUT2D eigenvalue weighted by atomic mass is 9.78. The van der Waals surface area contributed by atoms with E-state index in [2.05, 4.69) is 0 Å². The molecule has 0 aliphatic carbocycles. The molecule has 3 aliphatic heterocycles. The molecule has 2 aromatic rings. The molecule has 13 heteroatoms. The van der Waals surface area contributed by atoms with Crippen LogP contribution in [0.2, 0.25) is 0 Å². The van der Waals surface area contributed by atoms with Crippen molar-refractivity contribution in [2.75, 3.05) is 33.3 Å². The van der Waals surface area contributed by atoms with E-state index in [4.69, 9.17) is 4.74 Å². The molecular weight excluding hydrogens is 583 g/mol. The zero-order valence-corrected chi connectivity index (χ0v) is 23.6. The van der Waals surface area contributed by atoms with Crippen molar-refractivity contribution in [3.05, 3.63) is 82.0 Å². The summed E-state index contributed by atoms with van der Waals surface area (Å²) in [4.78, 5) is 30.5. The summed E-state index contributed by atoms with van der Waals surface area (Å²) in [7, 11) is 1.34. The third kappa shape index (κ3) is 6.03. The zero-order chi connectivity index (χ0) is 31.4. The number of carbonyl (C=O) groups excluding carboxylic acids is 2. The van der Waals surface area contributed by atoms with E-state index in [-0.39, 0.29) is 42.4 Å². The van der Waals surface area contributed by atoms with Gasteiger partial charge in [0.1, 0.15) is 5.82 Å². The fraction of sp³-hybridized carbons (Fsp3) is 0.467. The Bertz CT molecular complexity index is 1420. The number of rotatable bonds is 4. The van der Waals surface area contributed by atoms with E-state index in [0.29, 0.717) is 48.7 Å². The minimum atomic E-state index is -5.02. The maximum Gasteiger partial charge on any atom is 0.416 e. The molecule has 2 saturated heterocycles. The quantitative estimate of drug-likeness (QED) is 0.360. The molecule has 0 saturated carbocycles. The van der Waals surface area contributed by atoms with Crippen LogP contribution < -0.4 is 0 Å². The summed E-state index contributed by atoms with van der Waals surface area (Å²) >= 11 is 0. The Balaban J connectivity index is 1.48. The lowest BCUT2D eigenvalue weighted by Crippen LogP contribution is -2.51. The minimum Gasteiger partial charge on any atom is -0.471 e. The van der Waals surface area contributed by atoms with Crippen LogP contribution in [0.5, 0.6) is 0 Å². The fourth-order valence-corrected chi connectivity index (χ4v) is 6.36. The van der Waals surface area contributed by atoms with E-state index in [0.717, 1.165) is 4.90 Å². The molecular formula is C30H30F7N3O3. The van der Waals surface area contributed by atoms with E-state index in [9.17, 15) is 40.3 Å². The van der Waals surface area contributed by atoms with Crippen molar-refractivity contribution in [1.29, 1.82) is 0 Å². The van der Waals surface area contributed by atoms with Crippen molar-refractivity contribution in [3.8, 4) is 0 Å². The van der Waals surface area contributed by atoms with Crippen molar-refractivity contribution < 1.29 is 45.1 Å². The number of piperidine rings is 1. The Labute approximate surface area is 243 Å². The van der Waals surface area contributed by atoms with Crippen LogP contribution in [-0.4, -0.2) is 59.8 Å². The van der Waals surface area contributed by atoms with Crippen LogP contribution in [0.1, 0.15) is 53.2 Å². The molecule has 3 unspecified atom stereocenters. The van der Waals surface area contributed by atoms with Crippen molar-refractivity contribution in [2.24, 2.45) is 11.8 Å². The van der Waals surface area contributed by atoms with Crippen LogP contribution in [0.4, 0.5) is 35.5 Å². The summed E-state index contributed by atoms with van der Waals surface area (Å²) < 4.78 is 101. The van der Waals surface area contributed by atoms with Gasteiger partial charge in [-0.3, -0.25) is 4.79 Å². The first kappa shape index (κ1) is 30.7. The molecule has 0 bridgehead atoms. The van der Waals surface area contributed by atoms with Crippen molar-refractivity contribution in [1.82, 2.24) is 14.7 Å². The van der Waals surface area contributed by atoms with Gasteiger partial charge in [0.15, 0.2) is 18.3 Å². The van der Waals surface area contributed by atoms with Crippen LogP contribution in [0.25, 0.3) is 0 Å². The molecule has 2 fully saturated rings. The van der Waals surface area contributed by atoms with E-state index in [1.165, 1.54) is 32.2 Å². The van der Waals surface area contributed by atoms with Gasteiger partial charge in [0.05, 0.1) is 23.2 Å². The van der Waals surface area contributed by atoms with Crippen LogP contribution >= 0.6 is 0 Å². The van der Waals surface area contributed by atoms with Crippen LogP contribution in [0, 0.1) is 24.6 Å². The third-order valence-corrected chi connectivity index (χ3v) is 8.70. The first-order valence-corrected chi connectivity index (χ1v) is 13.8. The van der Waals surface area contributed by atoms with Crippen LogP contribution in [0.3, 0.4) is 0 Å². The maximum absolute atomic E-state index is 14.1. The lowest BCUT2D eigenvalue weighted by Gasteiger charge is -2.45. The Morgan fingerprint density at radius 2 is 1.67 bits per heavy atom. The predicted molar refractivity (Wildman–Crippen MR) is 141 cm³/mol. The summed E-state index contributed by atoms with van der Waals surface area (Å²) in [6, 6.07) is 3.24. The molecule has 6 nitrogen and oxygen atoms in total. The molecule has 2 amide bonds. The van der Waals surface area contributed by atoms with Crippen molar-refractivity contribution in [3.63, 3.8) is 0 Å². The number of hydrogen-bond donors (Lipinski definition) is 0. The van der Waals surface area contributed by atoms with E-state index < -0.39 is 47.4 Å². The van der Waals surface area contributed by atoms with Crippen molar-refractivity contribution in [2.45, 2.75) is 44.7 Å². The topological polar surface area (TPSA) is 53.1 Å². The zero-order valence-electron chi connectivity index (χ0n) is 23.6. The number of carbonyl (C=O) groups is 2. The number of nitrogens with zero attached hydrogens (tertiary/aromatic N) is 3. The standard InChI is InChI=1S/C30H30F7N3O3/c1-16-8-22(31)4-5-24(16)27-25-14-39(26-12-23(41)15-43-26)13-18(25)6-7-40(27)28(42)38(3)17(2)19-9-20(29(32,33)34)11-21(10-19)30(35,36)37/h4-5,8-12,17-18,25,27H,6-7,13-15H2,1-3H3/t17?,18?,25-,27?/m1/s1. The first-order chi connectivity index (χ1) is 20.0. The van der Waals surface area contributed by atoms with E-state index >= 15 is 0 Å². The second kappa shape index (κ2) is 11.1. The van der Waals surface area contributed by atoms with Gasteiger partial charge >= 0.3 is 18.4 Å². The monoisotopic (exact) mass is 613 g/mol. The second-order valence-electron chi connectivity index (χ2n) is 11.4. The van der Waals surface area contributed by atoms with Gasteiger partial charge in [-0.25, -0.2) is 9.18 Å². The second-order valence-corrected chi connectivity index (χ2v) is 11.4. The lowest BCUT2D eigenvalue weighted by molar-refractivity contribution is -0.143. The number of hydrogen-bond acceptors (Lipinski definition) is 4. The normalized spacial score (nSPS) is 23.2. The number of ether oxygens (including phenoxy) is 1. The summed E-state index contributed by atoms with van der Waals surface area (Å²) in [5.41, 5.74) is -1.96. The Hall–Kier alpha value is -3.77. The van der Waals surface area contributed by atoms with Crippen LogP contribution in [-0.2, 0) is 21.9 Å². The van der Waals surface area contributed by atoms with Gasteiger partial charge in [-0.05, 0) is 73.2 Å². The molecule has 0 spiro atoms. The minimum absolute atomic E-state index is 0.0546. The van der Waals surface area contributed by atoms with Gasteiger partial charge in [0.25, 0.3) is 0 Å². The van der Waals surface area contributed by atoms with E-state index in [1.807, 2.05) is 4.90 Å². The maximum atomic E-state index is 14.1. The molecule has 0 N–H and O–H groups in total. The molecule has 43 heavy (non-hydrogen) atoms. The number of halogens is 7. The SMILES string of the molecule is Cc1cc(F)ccc1C1[C@@H]2CN(C3=CC(=O)CO3)CC2CCN1C(=O)N(C)C(C)c1cc(C(F)(F)F)cc(C(F)(F)F)c1. The number of aryl methyl sites for hydroxylation is 1. The highest BCUT2D eigenvalue weighted by atomic mass is 19.4. The molecule has 0 radical (unpaired) electrons. The molecule has 3 aliphatic rings. The number of ketones is 1.